The van der Waals surface area contributed by atoms with Crippen LogP contribution in [-0.4, -0.2) is 24.5 Å². The van der Waals surface area contributed by atoms with E-state index in [9.17, 15) is 0 Å². The van der Waals surface area contributed by atoms with Crippen LogP contribution >= 0.6 is 11.8 Å². The first-order chi connectivity index (χ1) is 9.33. The summed E-state index contributed by atoms with van der Waals surface area (Å²) < 4.78 is 0. The zero-order valence-corrected chi connectivity index (χ0v) is 11.9. The minimum atomic E-state index is 0.619. The zero-order valence-electron chi connectivity index (χ0n) is 11.1. The molecule has 2 rings (SSSR count). The van der Waals surface area contributed by atoms with Gasteiger partial charge in [-0.25, -0.2) is 4.99 Å². The van der Waals surface area contributed by atoms with E-state index >= 15 is 0 Å². The molecule has 0 bridgehead atoms. The predicted molar refractivity (Wildman–Crippen MR) is 81.9 cm³/mol. The van der Waals surface area contributed by atoms with Gasteiger partial charge >= 0.3 is 0 Å². The first-order valence-corrected chi connectivity index (χ1v) is 7.69. The Morgan fingerprint density at radius 3 is 2.53 bits per heavy atom. The van der Waals surface area contributed by atoms with Crippen molar-refractivity contribution >= 4 is 28.3 Å². The standard InChI is InChI=1S/C14H18N4S/c1-19-14(16-11-15)17-12-5-7-13(8-6-12)18-9-3-2-4-10-18/h5-8H,2-4,9-10H2,1H3,(H,16,17). The Kier molecular flexibility index (Phi) is 5.10. The molecule has 0 unspecified atom stereocenters. The van der Waals surface area contributed by atoms with E-state index in [2.05, 4.69) is 27.3 Å². The van der Waals surface area contributed by atoms with Crippen LogP contribution < -0.4 is 10.2 Å². The van der Waals surface area contributed by atoms with Crippen LogP contribution in [0.4, 0.5) is 11.4 Å². The Hall–Kier alpha value is -1.67. The Morgan fingerprint density at radius 1 is 1.26 bits per heavy atom. The number of anilines is 1. The number of rotatable bonds is 2. The van der Waals surface area contributed by atoms with Gasteiger partial charge in [-0.2, -0.15) is 5.26 Å². The molecule has 1 aromatic rings. The smallest absolute Gasteiger partial charge is 0.183 e. The minimum Gasteiger partial charge on any atom is -0.372 e. The molecule has 0 radical (unpaired) electrons. The van der Waals surface area contributed by atoms with E-state index in [0.29, 0.717) is 5.17 Å². The van der Waals surface area contributed by atoms with Gasteiger partial charge in [0.15, 0.2) is 11.4 Å². The quantitative estimate of drug-likeness (QED) is 0.390. The highest BCUT2D eigenvalue weighted by Gasteiger charge is 2.10. The fourth-order valence-corrected chi connectivity index (χ4v) is 2.52. The highest BCUT2D eigenvalue weighted by atomic mass is 32.2. The summed E-state index contributed by atoms with van der Waals surface area (Å²) in [6, 6.07) is 8.21. The van der Waals surface area contributed by atoms with Gasteiger partial charge in [0.05, 0.1) is 5.69 Å². The molecule has 1 aliphatic rings. The molecule has 4 nitrogen and oxygen atoms in total. The summed E-state index contributed by atoms with van der Waals surface area (Å²) >= 11 is 1.43. The van der Waals surface area contributed by atoms with Crippen LogP contribution in [0.25, 0.3) is 0 Å². The van der Waals surface area contributed by atoms with Gasteiger partial charge in [-0.3, -0.25) is 5.32 Å². The maximum absolute atomic E-state index is 8.60. The molecule has 0 aliphatic carbocycles. The van der Waals surface area contributed by atoms with E-state index in [1.807, 2.05) is 24.6 Å². The molecular formula is C14H18N4S. The van der Waals surface area contributed by atoms with Gasteiger partial charge in [0.2, 0.25) is 0 Å². The normalized spacial score (nSPS) is 16.0. The molecule has 0 saturated carbocycles. The zero-order chi connectivity index (χ0) is 13.5. The predicted octanol–water partition coefficient (Wildman–Crippen LogP) is 3.10. The molecule has 0 atom stereocenters. The first-order valence-electron chi connectivity index (χ1n) is 6.46. The van der Waals surface area contributed by atoms with E-state index in [0.717, 1.165) is 18.8 Å². The first kappa shape index (κ1) is 13.8. The van der Waals surface area contributed by atoms with Crippen molar-refractivity contribution in [2.24, 2.45) is 4.99 Å². The van der Waals surface area contributed by atoms with E-state index in [4.69, 9.17) is 5.26 Å². The van der Waals surface area contributed by atoms with Crippen LogP contribution in [-0.2, 0) is 0 Å². The van der Waals surface area contributed by atoms with Gasteiger partial charge < -0.3 is 4.90 Å². The van der Waals surface area contributed by atoms with Crippen molar-refractivity contribution in [1.29, 1.82) is 5.26 Å². The molecule has 100 valence electrons. The molecule has 0 aromatic heterocycles. The molecule has 5 heteroatoms. The van der Waals surface area contributed by atoms with E-state index in [1.165, 1.54) is 36.7 Å². The number of piperidine rings is 1. The monoisotopic (exact) mass is 274 g/mol. The summed E-state index contributed by atoms with van der Waals surface area (Å²) in [6.45, 7) is 2.29. The molecular weight excluding hydrogens is 256 g/mol. The number of aliphatic imine (C=N–C) groups is 1. The summed E-state index contributed by atoms with van der Waals surface area (Å²) in [7, 11) is 0. The van der Waals surface area contributed by atoms with Crippen LogP contribution in [0.5, 0.6) is 0 Å². The molecule has 1 aliphatic heterocycles. The third kappa shape index (κ3) is 3.90. The summed E-state index contributed by atoms with van der Waals surface area (Å²) in [5.74, 6) is 0. The van der Waals surface area contributed by atoms with Crippen molar-refractivity contribution in [1.82, 2.24) is 5.32 Å². The van der Waals surface area contributed by atoms with Crippen LogP contribution in [0.2, 0.25) is 0 Å². The molecule has 1 heterocycles. The molecule has 1 fully saturated rings. The van der Waals surface area contributed by atoms with Gasteiger partial charge in [0.25, 0.3) is 0 Å². The lowest BCUT2D eigenvalue weighted by Gasteiger charge is -2.28. The third-order valence-electron chi connectivity index (χ3n) is 3.16. The third-order valence-corrected chi connectivity index (χ3v) is 3.74. The Labute approximate surface area is 118 Å². The average Bonchev–Trinajstić information content (AvgIpc) is 2.48. The Balaban J connectivity index is 2.07. The Morgan fingerprint density at radius 2 is 1.95 bits per heavy atom. The minimum absolute atomic E-state index is 0.619. The van der Waals surface area contributed by atoms with Crippen LogP contribution in [0, 0.1) is 11.5 Å². The summed E-state index contributed by atoms with van der Waals surface area (Å²) in [6.07, 6.45) is 7.69. The maximum atomic E-state index is 8.60. The number of nitrogens with zero attached hydrogens (tertiary/aromatic N) is 3. The molecule has 1 N–H and O–H groups in total. The lowest BCUT2D eigenvalue weighted by molar-refractivity contribution is 0.578. The van der Waals surface area contributed by atoms with Crippen molar-refractivity contribution in [2.45, 2.75) is 19.3 Å². The second-order valence-corrected chi connectivity index (χ2v) is 5.22. The SMILES string of the molecule is CSC(=Nc1ccc(N2CCCCC2)cc1)NC#N. The van der Waals surface area contributed by atoms with Gasteiger partial charge in [-0.1, -0.05) is 11.8 Å². The van der Waals surface area contributed by atoms with Crippen molar-refractivity contribution in [3.63, 3.8) is 0 Å². The highest BCUT2D eigenvalue weighted by Crippen LogP contribution is 2.23. The van der Waals surface area contributed by atoms with Crippen molar-refractivity contribution < 1.29 is 0 Å². The Bertz CT molecular complexity index is 469. The molecule has 19 heavy (non-hydrogen) atoms. The second-order valence-electron chi connectivity index (χ2n) is 4.42. The molecule has 0 amide bonds. The van der Waals surface area contributed by atoms with Crippen LogP contribution in [0.3, 0.4) is 0 Å². The number of thioether (sulfide) groups is 1. The lowest BCUT2D eigenvalue weighted by Crippen LogP contribution is -2.29. The number of nitrogens with one attached hydrogen (secondary N) is 1. The molecule has 0 spiro atoms. The fourth-order valence-electron chi connectivity index (χ4n) is 2.18. The van der Waals surface area contributed by atoms with Crippen molar-refractivity contribution in [2.75, 3.05) is 24.2 Å². The largest absolute Gasteiger partial charge is 0.372 e. The van der Waals surface area contributed by atoms with E-state index in [1.54, 1.807) is 0 Å². The lowest BCUT2D eigenvalue weighted by atomic mass is 10.1. The second kappa shape index (κ2) is 7.05. The van der Waals surface area contributed by atoms with Gasteiger partial charge in [-0.15, -0.1) is 0 Å². The number of hydrogen-bond acceptors (Lipinski definition) is 4. The highest BCUT2D eigenvalue weighted by molar-refractivity contribution is 8.13. The van der Waals surface area contributed by atoms with Gasteiger partial charge in [0.1, 0.15) is 0 Å². The average molecular weight is 274 g/mol. The van der Waals surface area contributed by atoms with Gasteiger partial charge in [0, 0.05) is 18.8 Å². The van der Waals surface area contributed by atoms with Gasteiger partial charge in [-0.05, 0) is 49.8 Å². The maximum Gasteiger partial charge on any atom is 0.183 e. The van der Waals surface area contributed by atoms with E-state index < -0.39 is 0 Å². The van der Waals surface area contributed by atoms with E-state index in [-0.39, 0.29) is 0 Å². The van der Waals surface area contributed by atoms with Crippen molar-refractivity contribution in [3.05, 3.63) is 24.3 Å². The topological polar surface area (TPSA) is 51.4 Å². The number of nitriles is 1. The number of amidine groups is 1. The summed E-state index contributed by atoms with van der Waals surface area (Å²) in [5, 5.41) is 11.8. The number of benzene rings is 1. The van der Waals surface area contributed by atoms with Crippen molar-refractivity contribution in [3.8, 4) is 6.19 Å². The van der Waals surface area contributed by atoms with Crippen LogP contribution in [0.15, 0.2) is 29.3 Å². The summed E-state index contributed by atoms with van der Waals surface area (Å²) in [4.78, 5) is 6.80. The fraction of sp³-hybridized carbons (Fsp3) is 0.429. The van der Waals surface area contributed by atoms with Crippen LogP contribution in [0.1, 0.15) is 19.3 Å². The molecule has 1 saturated heterocycles. The molecule has 1 aromatic carbocycles. The number of hydrogen-bond donors (Lipinski definition) is 1. The summed E-state index contributed by atoms with van der Waals surface area (Å²) in [5.41, 5.74) is 2.13.